The molecule has 0 aliphatic carbocycles. The Bertz CT molecular complexity index is 297. The van der Waals surface area contributed by atoms with E-state index in [-0.39, 0.29) is 11.9 Å². The molecule has 0 aromatic rings. The largest absolute Gasteiger partial charge is 0.437 e. The van der Waals surface area contributed by atoms with Crippen molar-refractivity contribution in [1.82, 2.24) is 5.32 Å². The molecule has 90 valence electrons. The van der Waals surface area contributed by atoms with Crippen molar-refractivity contribution in [2.75, 3.05) is 0 Å². The number of esters is 1. The van der Waals surface area contributed by atoms with Gasteiger partial charge in [-0.05, 0) is 12.8 Å². The molecule has 1 unspecified atom stereocenters. The molecule has 16 heavy (non-hydrogen) atoms. The van der Waals surface area contributed by atoms with Gasteiger partial charge in [0.2, 0.25) is 6.23 Å². The first-order chi connectivity index (χ1) is 7.65. The van der Waals surface area contributed by atoms with Crippen LogP contribution in [0.15, 0.2) is 11.6 Å². The monoisotopic (exact) mass is 225 g/mol. The summed E-state index contributed by atoms with van der Waals surface area (Å²) in [5.74, 6) is -0.497. The highest BCUT2D eigenvalue weighted by atomic mass is 16.6. The van der Waals surface area contributed by atoms with E-state index in [9.17, 15) is 9.59 Å². The van der Waals surface area contributed by atoms with Crippen molar-refractivity contribution in [2.45, 2.75) is 52.2 Å². The number of ether oxygens (including phenoxy) is 1. The number of carbonyl (C=O) groups is 2. The fourth-order valence-corrected chi connectivity index (χ4v) is 1.61. The lowest BCUT2D eigenvalue weighted by atomic mass is 10.0. The van der Waals surface area contributed by atoms with Crippen LogP contribution in [0.25, 0.3) is 0 Å². The minimum Gasteiger partial charge on any atom is -0.437 e. The zero-order valence-corrected chi connectivity index (χ0v) is 9.91. The molecule has 0 spiro atoms. The molecule has 1 heterocycles. The number of hydrogen-bond donors (Lipinski definition) is 1. The van der Waals surface area contributed by atoms with E-state index in [1.807, 2.05) is 6.08 Å². The second-order valence-corrected chi connectivity index (χ2v) is 3.97. The molecule has 0 aromatic heterocycles. The summed E-state index contributed by atoms with van der Waals surface area (Å²) in [7, 11) is 0. The van der Waals surface area contributed by atoms with E-state index >= 15 is 0 Å². The molecule has 0 aromatic carbocycles. The Labute approximate surface area is 96.0 Å². The number of rotatable bonds is 6. The third-order valence-corrected chi connectivity index (χ3v) is 2.51. The van der Waals surface area contributed by atoms with Crippen LogP contribution in [0, 0.1) is 0 Å². The molecule has 1 rings (SSSR count). The van der Waals surface area contributed by atoms with Crippen LogP contribution < -0.4 is 5.32 Å². The molecule has 1 atom stereocenters. The smallest absolute Gasteiger partial charge is 0.304 e. The standard InChI is InChI=1S/C12H19NO3/c1-3-4-5-6-7-8-10-11(15)13-12(10)16-9(2)14/h8,12H,3-7H2,1-2H3,(H,13,15)/b10-8-. The predicted molar refractivity (Wildman–Crippen MR) is 60.5 cm³/mol. The first kappa shape index (κ1) is 12.7. The fourth-order valence-electron chi connectivity index (χ4n) is 1.61. The molecule has 0 radical (unpaired) electrons. The lowest BCUT2D eigenvalue weighted by Crippen LogP contribution is -2.53. The maximum absolute atomic E-state index is 11.2. The van der Waals surface area contributed by atoms with Gasteiger partial charge in [0, 0.05) is 6.92 Å². The van der Waals surface area contributed by atoms with Gasteiger partial charge in [-0.15, -0.1) is 0 Å². The molecule has 1 N–H and O–H groups in total. The number of nitrogens with one attached hydrogen (secondary N) is 1. The number of hydrogen-bond acceptors (Lipinski definition) is 3. The molecule has 4 heteroatoms. The number of allylic oxidation sites excluding steroid dienone is 1. The lowest BCUT2D eigenvalue weighted by molar-refractivity contribution is -0.151. The van der Waals surface area contributed by atoms with E-state index in [0.29, 0.717) is 5.57 Å². The Morgan fingerprint density at radius 2 is 2.19 bits per heavy atom. The summed E-state index contributed by atoms with van der Waals surface area (Å²) in [4.78, 5) is 21.9. The van der Waals surface area contributed by atoms with Crippen molar-refractivity contribution in [2.24, 2.45) is 0 Å². The van der Waals surface area contributed by atoms with Gasteiger partial charge in [0.25, 0.3) is 5.91 Å². The van der Waals surface area contributed by atoms with E-state index in [2.05, 4.69) is 12.2 Å². The highest BCUT2D eigenvalue weighted by Crippen LogP contribution is 2.17. The van der Waals surface area contributed by atoms with Crippen molar-refractivity contribution in [1.29, 1.82) is 0 Å². The summed E-state index contributed by atoms with van der Waals surface area (Å²) in [5.41, 5.74) is 0.590. The molecular formula is C12H19NO3. The average Bonchev–Trinajstić information content (AvgIpc) is 2.22. The Kier molecular flexibility index (Phi) is 5.02. The molecule has 0 saturated carbocycles. The van der Waals surface area contributed by atoms with Crippen molar-refractivity contribution in [3.05, 3.63) is 11.6 Å². The average molecular weight is 225 g/mol. The van der Waals surface area contributed by atoms with Gasteiger partial charge in [0.15, 0.2) is 0 Å². The van der Waals surface area contributed by atoms with Crippen molar-refractivity contribution < 1.29 is 14.3 Å². The van der Waals surface area contributed by atoms with Crippen LogP contribution in [-0.2, 0) is 14.3 Å². The minimum atomic E-state index is -0.517. The van der Waals surface area contributed by atoms with Crippen molar-refractivity contribution >= 4 is 11.9 Å². The fraction of sp³-hybridized carbons (Fsp3) is 0.667. The molecule has 1 saturated heterocycles. The summed E-state index contributed by atoms with van der Waals surface area (Å²) >= 11 is 0. The SMILES string of the molecule is CCCCCC/C=C1/C(=O)NC1OC(C)=O. The van der Waals surface area contributed by atoms with E-state index in [1.165, 1.54) is 26.2 Å². The van der Waals surface area contributed by atoms with Gasteiger partial charge in [0.05, 0.1) is 5.57 Å². The topological polar surface area (TPSA) is 55.4 Å². The van der Waals surface area contributed by atoms with Gasteiger partial charge in [-0.3, -0.25) is 9.59 Å². The molecule has 1 aliphatic rings. The molecule has 1 fully saturated rings. The van der Waals surface area contributed by atoms with E-state index in [1.54, 1.807) is 0 Å². The second kappa shape index (κ2) is 6.30. The maximum atomic E-state index is 11.2. The van der Waals surface area contributed by atoms with Crippen LogP contribution in [0.5, 0.6) is 0 Å². The predicted octanol–water partition coefficient (Wildman–Crippen LogP) is 1.90. The van der Waals surface area contributed by atoms with Gasteiger partial charge in [-0.2, -0.15) is 0 Å². The van der Waals surface area contributed by atoms with Crippen LogP contribution in [0.3, 0.4) is 0 Å². The Morgan fingerprint density at radius 3 is 2.75 bits per heavy atom. The first-order valence-electron chi connectivity index (χ1n) is 5.83. The van der Waals surface area contributed by atoms with Crippen LogP contribution in [0.4, 0.5) is 0 Å². The minimum absolute atomic E-state index is 0.123. The Morgan fingerprint density at radius 1 is 1.44 bits per heavy atom. The van der Waals surface area contributed by atoms with Crippen LogP contribution >= 0.6 is 0 Å². The highest BCUT2D eigenvalue weighted by Gasteiger charge is 2.34. The zero-order valence-electron chi connectivity index (χ0n) is 9.91. The molecule has 4 nitrogen and oxygen atoms in total. The number of β-lactam (4-membered cyclic amide) rings is 1. The lowest BCUT2D eigenvalue weighted by Gasteiger charge is -2.29. The number of unbranched alkanes of at least 4 members (excludes halogenated alkanes) is 4. The highest BCUT2D eigenvalue weighted by molar-refractivity contribution is 6.01. The third-order valence-electron chi connectivity index (χ3n) is 2.51. The zero-order chi connectivity index (χ0) is 12.0. The second-order valence-electron chi connectivity index (χ2n) is 3.97. The van der Waals surface area contributed by atoms with E-state index < -0.39 is 6.23 Å². The Balaban J connectivity index is 2.29. The molecular weight excluding hydrogens is 206 g/mol. The van der Waals surface area contributed by atoms with Crippen LogP contribution in [0.2, 0.25) is 0 Å². The molecule has 0 bridgehead atoms. The van der Waals surface area contributed by atoms with Gasteiger partial charge < -0.3 is 10.1 Å². The maximum Gasteiger partial charge on any atom is 0.304 e. The van der Waals surface area contributed by atoms with Gasteiger partial charge in [0.1, 0.15) is 0 Å². The quantitative estimate of drug-likeness (QED) is 0.325. The Hall–Kier alpha value is -1.32. The van der Waals surface area contributed by atoms with Crippen LogP contribution in [-0.4, -0.2) is 18.1 Å². The summed E-state index contributed by atoms with van der Waals surface area (Å²) in [6.07, 6.45) is 6.92. The molecule has 1 aliphatic heterocycles. The number of amides is 1. The summed E-state index contributed by atoms with van der Waals surface area (Å²) in [6.45, 7) is 3.50. The van der Waals surface area contributed by atoms with Crippen molar-refractivity contribution in [3.63, 3.8) is 0 Å². The summed E-state index contributed by atoms with van der Waals surface area (Å²) < 4.78 is 4.91. The summed E-state index contributed by atoms with van der Waals surface area (Å²) in [5, 5.41) is 2.53. The number of carbonyl (C=O) groups excluding carboxylic acids is 2. The van der Waals surface area contributed by atoms with Gasteiger partial charge in [-0.1, -0.05) is 32.3 Å². The van der Waals surface area contributed by atoms with Gasteiger partial charge >= 0.3 is 5.97 Å². The summed E-state index contributed by atoms with van der Waals surface area (Å²) in [6, 6.07) is 0. The van der Waals surface area contributed by atoms with Crippen LogP contribution in [0.1, 0.15) is 46.0 Å². The van der Waals surface area contributed by atoms with Crippen molar-refractivity contribution in [3.8, 4) is 0 Å². The molecule has 1 amide bonds. The first-order valence-corrected chi connectivity index (χ1v) is 5.83. The van der Waals surface area contributed by atoms with Gasteiger partial charge in [-0.25, -0.2) is 0 Å². The normalized spacial score (nSPS) is 21.5. The van der Waals surface area contributed by atoms with E-state index in [0.717, 1.165) is 12.8 Å². The van der Waals surface area contributed by atoms with E-state index in [4.69, 9.17) is 4.74 Å². The third kappa shape index (κ3) is 3.68.